The molecule has 0 bridgehead atoms. The van der Waals surface area contributed by atoms with E-state index in [9.17, 15) is 4.79 Å². The molecule has 1 saturated heterocycles. The average molecular weight is 402 g/mol. The highest BCUT2D eigenvalue weighted by atomic mass is 16.1. The molecule has 29 heavy (non-hydrogen) atoms. The Morgan fingerprint density at radius 2 is 1.90 bits per heavy atom. The van der Waals surface area contributed by atoms with Gasteiger partial charge in [-0.2, -0.15) is 0 Å². The van der Waals surface area contributed by atoms with Crippen molar-refractivity contribution in [3.63, 3.8) is 0 Å². The highest BCUT2D eigenvalue weighted by Crippen LogP contribution is 2.15. The summed E-state index contributed by atoms with van der Waals surface area (Å²) in [5.74, 6) is 1.69. The lowest BCUT2D eigenvalue weighted by molar-refractivity contribution is 0.0939. The second kappa shape index (κ2) is 12.5. The summed E-state index contributed by atoms with van der Waals surface area (Å²) in [4.78, 5) is 19.0. The van der Waals surface area contributed by atoms with Crippen molar-refractivity contribution < 1.29 is 4.79 Å². The fraction of sp³-hybridized carbons (Fsp3) is 0.652. The second-order valence-electron chi connectivity index (χ2n) is 8.21. The third-order valence-electron chi connectivity index (χ3n) is 5.71. The Morgan fingerprint density at radius 1 is 1.21 bits per heavy atom. The number of guanidine groups is 1. The molecule has 1 amide bonds. The molecule has 6 heteroatoms. The molecule has 0 spiro atoms. The van der Waals surface area contributed by atoms with Crippen LogP contribution in [0.15, 0.2) is 29.3 Å². The van der Waals surface area contributed by atoms with Crippen LogP contribution in [-0.4, -0.2) is 56.0 Å². The number of hydrogen-bond acceptors (Lipinski definition) is 3. The molecule has 1 unspecified atom stereocenters. The van der Waals surface area contributed by atoms with Gasteiger partial charge in [0.25, 0.3) is 5.91 Å². The van der Waals surface area contributed by atoms with Gasteiger partial charge < -0.3 is 20.9 Å². The van der Waals surface area contributed by atoms with E-state index >= 15 is 0 Å². The summed E-state index contributed by atoms with van der Waals surface area (Å²) in [6, 6.07) is 7.93. The van der Waals surface area contributed by atoms with E-state index in [1.54, 1.807) is 7.05 Å². The first-order chi connectivity index (χ1) is 14.0. The zero-order valence-electron chi connectivity index (χ0n) is 18.6. The van der Waals surface area contributed by atoms with E-state index in [1.165, 1.54) is 25.9 Å². The van der Waals surface area contributed by atoms with Gasteiger partial charge in [0.1, 0.15) is 0 Å². The van der Waals surface area contributed by atoms with Gasteiger partial charge in [0, 0.05) is 31.7 Å². The minimum atomic E-state index is -0.0144. The largest absolute Gasteiger partial charge is 0.356 e. The Kier molecular flexibility index (Phi) is 9.98. The lowest BCUT2D eigenvalue weighted by Gasteiger charge is -2.30. The molecule has 3 N–H and O–H groups in total. The molecule has 1 aliphatic heterocycles. The predicted molar refractivity (Wildman–Crippen MR) is 121 cm³/mol. The van der Waals surface area contributed by atoms with Crippen molar-refractivity contribution in [1.29, 1.82) is 0 Å². The molecule has 0 aromatic heterocycles. The monoisotopic (exact) mass is 401 g/mol. The zero-order chi connectivity index (χ0) is 21.1. The van der Waals surface area contributed by atoms with E-state index in [4.69, 9.17) is 0 Å². The number of carbonyl (C=O) groups is 1. The summed E-state index contributed by atoms with van der Waals surface area (Å²) in [6.45, 7) is 11.6. The second-order valence-corrected chi connectivity index (χ2v) is 8.21. The van der Waals surface area contributed by atoms with Crippen LogP contribution in [0.4, 0.5) is 0 Å². The van der Waals surface area contributed by atoms with Gasteiger partial charge in [-0.3, -0.25) is 9.79 Å². The molecule has 0 aliphatic carbocycles. The van der Waals surface area contributed by atoms with Crippen LogP contribution >= 0.6 is 0 Å². The first kappa shape index (κ1) is 23.2. The average Bonchev–Trinajstić information content (AvgIpc) is 2.74. The maximum atomic E-state index is 12.2. The Labute approximate surface area is 176 Å². The van der Waals surface area contributed by atoms with Crippen molar-refractivity contribution in [2.75, 3.05) is 33.2 Å². The van der Waals surface area contributed by atoms with Gasteiger partial charge in [-0.15, -0.1) is 0 Å². The van der Waals surface area contributed by atoms with Gasteiger partial charge in [-0.1, -0.05) is 26.0 Å². The smallest absolute Gasteiger partial charge is 0.251 e. The third kappa shape index (κ3) is 8.44. The third-order valence-corrected chi connectivity index (χ3v) is 5.71. The van der Waals surface area contributed by atoms with Crippen molar-refractivity contribution in [3.8, 4) is 0 Å². The Hall–Kier alpha value is -2.08. The molecule has 6 nitrogen and oxygen atoms in total. The predicted octanol–water partition coefficient (Wildman–Crippen LogP) is 3.00. The maximum Gasteiger partial charge on any atom is 0.251 e. The molecular weight excluding hydrogens is 362 g/mol. The lowest BCUT2D eigenvalue weighted by atomic mass is 9.99. The molecule has 162 valence electrons. The van der Waals surface area contributed by atoms with E-state index in [0.29, 0.717) is 12.1 Å². The van der Waals surface area contributed by atoms with Crippen LogP contribution in [0, 0.1) is 5.92 Å². The number of likely N-dealkylation sites (tertiary alicyclic amines) is 1. The van der Waals surface area contributed by atoms with Crippen molar-refractivity contribution in [3.05, 3.63) is 35.4 Å². The van der Waals surface area contributed by atoms with Gasteiger partial charge in [-0.25, -0.2) is 0 Å². The lowest BCUT2D eigenvalue weighted by Crippen LogP contribution is -2.39. The van der Waals surface area contributed by atoms with Crippen LogP contribution in [0.1, 0.15) is 62.4 Å². The van der Waals surface area contributed by atoms with Crippen LogP contribution in [0.2, 0.25) is 0 Å². The highest BCUT2D eigenvalue weighted by Gasteiger charge is 2.14. The van der Waals surface area contributed by atoms with Crippen molar-refractivity contribution in [1.82, 2.24) is 20.9 Å². The van der Waals surface area contributed by atoms with Crippen LogP contribution in [0.3, 0.4) is 0 Å². The Morgan fingerprint density at radius 3 is 2.52 bits per heavy atom. The first-order valence-electron chi connectivity index (χ1n) is 11.1. The minimum Gasteiger partial charge on any atom is -0.356 e. The number of nitrogens with one attached hydrogen (secondary N) is 3. The van der Waals surface area contributed by atoms with Gasteiger partial charge in [0.05, 0.1) is 0 Å². The van der Waals surface area contributed by atoms with Gasteiger partial charge in [0.15, 0.2) is 5.96 Å². The molecular formula is C23H39N5O. The standard InChI is InChI=1S/C23H39N5O/c1-5-19(3)27-22(29)21-9-7-20(8-10-21)17-26-23(24-4)25-13-6-14-28-15-11-18(2)12-16-28/h7-10,18-19H,5-6,11-17H2,1-4H3,(H,27,29)(H2,24,25,26). The van der Waals surface area contributed by atoms with Gasteiger partial charge in [0.2, 0.25) is 0 Å². The molecule has 0 saturated carbocycles. The summed E-state index contributed by atoms with van der Waals surface area (Å²) < 4.78 is 0. The van der Waals surface area contributed by atoms with Crippen molar-refractivity contribution in [2.24, 2.45) is 10.9 Å². The van der Waals surface area contributed by atoms with E-state index in [1.807, 2.05) is 31.2 Å². The number of amides is 1. The molecule has 1 aliphatic rings. The Balaban J connectivity index is 1.67. The molecule has 1 atom stereocenters. The van der Waals surface area contributed by atoms with Crippen LogP contribution < -0.4 is 16.0 Å². The normalized spacial score (nSPS) is 17.0. The van der Waals surface area contributed by atoms with E-state index < -0.39 is 0 Å². The van der Waals surface area contributed by atoms with Crippen LogP contribution in [-0.2, 0) is 6.54 Å². The topological polar surface area (TPSA) is 68.8 Å². The minimum absolute atomic E-state index is 0.0144. The molecule has 0 radical (unpaired) electrons. The van der Waals surface area contributed by atoms with Crippen molar-refractivity contribution in [2.45, 2.75) is 59.0 Å². The van der Waals surface area contributed by atoms with Gasteiger partial charge >= 0.3 is 0 Å². The quantitative estimate of drug-likeness (QED) is 0.338. The number of piperidine rings is 1. The maximum absolute atomic E-state index is 12.2. The number of rotatable bonds is 9. The highest BCUT2D eigenvalue weighted by molar-refractivity contribution is 5.94. The fourth-order valence-corrected chi connectivity index (χ4v) is 3.38. The summed E-state index contributed by atoms with van der Waals surface area (Å²) in [5.41, 5.74) is 1.82. The number of hydrogen-bond donors (Lipinski definition) is 3. The fourth-order valence-electron chi connectivity index (χ4n) is 3.38. The molecule has 1 heterocycles. The van der Waals surface area contributed by atoms with E-state index in [2.05, 4.69) is 39.7 Å². The SMILES string of the molecule is CCC(C)NC(=O)c1ccc(CNC(=NC)NCCCN2CCC(C)CC2)cc1. The molecule has 1 fully saturated rings. The summed E-state index contributed by atoms with van der Waals surface area (Å²) in [7, 11) is 1.80. The number of aliphatic imine (C=N–C) groups is 1. The van der Waals surface area contributed by atoms with Crippen LogP contribution in [0.25, 0.3) is 0 Å². The number of carbonyl (C=O) groups excluding carboxylic acids is 1. The van der Waals surface area contributed by atoms with E-state index in [0.717, 1.165) is 43.4 Å². The first-order valence-corrected chi connectivity index (χ1v) is 11.1. The van der Waals surface area contributed by atoms with Crippen LogP contribution in [0.5, 0.6) is 0 Å². The molecule has 1 aromatic carbocycles. The van der Waals surface area contributed by atoms with E-state index in [-0.39, 0.29) is 11.9 Å². The summed E-state index contributed by atoms with van der Waals surface area (Å²) in [6.07, 6.45) is 4.70. The molecule has 2 rings (SSSR count). The zero-order valence-corrected chi connectivity index (χ0v) is 18.6. The van der Waals surface area contributed by atoms with Crippen molar-refractivity contribution >= 4 is 11.9 Å². The number of benzene rings is 1. The molecule has 1 aromatic rings. The summed E-state index contributed by atoms with van der Waals surface area (Å²) in [5, 5.41) is 9.73. The number of nitrogens with zero attached hydrogens (tertiary/aromatic N) is 2. The summed E-state index contributed by atoms with van der Waals surface area (Å²) >= 11 is 0. The Bertz CT molecular complexity index is 635. The van der Waals surface area contributed by atoms with Gasteiger partial charge in [-0.05, 0) is 75.9 Å².